The second-order valence-electron chi connectivity index (χ2n) is 4.61. The van der Waals surface area contributed by atoms with Crippen molar-refractivity contribution in [3.63, 3.8) is 0 Å². The molecule has 0 spiro atoms. The highest BCUT2D eigenvalue weighted by atomic mass is 35.5. The molecule has 3 heteroatoms. The molecule has 0 atom stereocenters. The molecular weight excluding hydrogens is 234 g/mol. The zero-order valence-electron chi connectivity index (χ0n) is 10.9. The van der Waals surface area contributed by atoms with E-state index in [1.807, 2.05) is 12.1 Å². The molecule has 0 fully saturated rings. The van der Waals surface area contributed by atoms with E-state index in [9.17, 15) is 0 Å². The summed E-state index contributed by atoms with van der Waals surface area (Å²) in [5.74, 6) is 1.33. The van der Waals surface area contributed by atoms with Crippen LogP contribution in [0.1, 0.15) is 32.8 Å². The summed E-state index contributed by atoms with van der Waals surface area (Å²) in [4.78, 5) is 0. The Morgan fingerprint density at radius 1 is 1.35 bits per heavy atom. The number of benzene rings is 1. The molecule has 1 aromatic carbocycles. The van der Waals surface area contributed by atoms with E-state index < -0.39 is 0 Å². The zero-order valence-corrected chi connectivity index (χ0v) is 11.7. The van der Waals surface area contributed by atoms with Gasteiger partial charge in [-0.3, -0.25) is 0 Å². The van der Waals surface area contributed by atoms with E-state index in [1.54, 1.807) is 0 Å². The largest absolute Gasteiger partial charge is 0.491 e. The van der Waals surface area contributed by atoms with Gasteiger partial charge in [-0.15, -0.1) is 0 Å². The summed E-state index contributed by atoms with van der Waals surface area (Å²) >= 11 is 6.17. The maximum atomic E-state index is 6.17. The summed E-state index contributed by atoms with van der Waals surface area (Å²) < 4.78 is 5.79. The second-order valence-corrected chi connectivity index (χ2v) is 5.02. The van der Waals surface area contributed by atoms with Crippen molar-refractivity contribution < 1.29 is 4.74 Å². The molecular formula is C14H22ClNO. The van der Waals surface area contributed by atoms with Crippen molar-refractivity contribution in [3.8, 4) is 5.75 Å². The van der Waals surface area contributed by atoms with Gasteiger partial charge in [-0.2, -0.15) is 0 Å². The SMILES string of the molecule is CCCNCc1cccc(Cl)c1OCC(C)C. The minimum absolute atomic E-state index is 0.503. The number of ether oxygens (including phenoxy) is 1. The number of halogens is 1. The molecule has 0 aromatic heterocycles. The van der Waals surface area contributed by atoms with Gasteiger partial charge in [0.05, 0.1) is 11.6 Å². The van der Waals surface area contributed by atoms with Gasteiger partial charge in [0.1, 0.15) is 5.75 Å². The van der Waals surface area contributed by atoms with Gasteiger partial charge in [0.15, 0.2) is 0 Å². The Labute approximate surface area is 109 Å². The lowest BCUT2D eigenvalue weighted by Crippen LogP contribution is -2.15. The Bertz CT molecular complexity index is 339. The van der Waals surface area contributed by atoms with E-state index in [2.05, 4.69) is 32.2 Å². The van der Waals surface area contributed by atoms with Crippen molar-refractivity contribution >= 4 is 11.6 Å². The van der Waals surface area contributed by atoms with Crippen molar-refractivity contribution in [1.29, 1.82) is 0 Å². The quantitative estimate of drug-likeness (QED) is 0.747. The molecule has 17 heavy (non-hydrogen) atoms. The molecule has 0 saturated carbocycles. The molecule has 0 amide bonds. The van der Waals surface area contributed by atoms with Crippen LogP contribution in [0.4, 0.5) is 0 Å². The highest BCUT2D eigenvalue weighted by Crippen LogP contribution is 2.29. The van der Waals surface area contributed by atoms with Gasteiger partial charge in [0.25, 0.3) is 0 Å². The van der Waals surface area contributed by atoms with Crippen molar-refractivity contribution in [2.45, 2.75) is 33.7 Å². The molecule has 1 aromatic rings. The van der Waals surface area contributed by atoms with Gasteiger partial charge in [-0.25, -0.2) is 0 Å². The number of para-hydroxylation sites is 1. The summed E-state index contributed by atoms with van der Waals surface area (Å²) in [5.41, 5.74) is 1.13. The highest BCUT2D eigenvalue weighted by molar-refractivity contribution is 6.32. The summed E-state index contributed by atoms with van der Waals surface area (Å²) in [6, 6.07) is 5.90. The molecule has 0 bridgehead atoms. The minimum atomic E-state index is 0.503. The van der Waals surface area contributed by atoms with Gasteiger partial charge in [0.2, 0.25) is 0 Å². The fourth-order valence-electron chi connectivity index (χ4n) is 1.50. The lowest BCUT2D eigenvalue weighted by atomic mass is 10.2. The van der Waals surface area contributed by atoms with E-state index in [4.69, 9.17) is 16.3 Å². The van der Waals surface area contributed by atoms with Gasteiger partial charge >= 0.3 is 0 Å². The van der Waals surface area contributed by atoms with Crippen LogP contribution < -0.4 is 10.1 Å². The van der Waals surface area contributed by atoms with E-state index in [-0.39, 0.29) is 0 Å². The molecule has 0 saturated heterocycles. The predicted octanol–water partition coefficient (Wildman–Crippen LogP) is 3.87. The Balaban J connectivity index is 2.69. The van der Waals surface area contributed by atoms with E-state index in [0.29, 0.717) is 17.5 Å². The first-order valence-corrected chi connectivity index (χ1v) is 6.63. The van der Waals surface area contributed by atoms with Gasteiger partial charge < -0.3 is 10.1 Å². The van der Waals surface area contributed by atoms with Gasteiger partial charge in [0, 0.05) is 12.1 Å². The molecule has 0 aliphatic rings. The van der Waals surface area contributed by atoms with Crippen LogP contribution in [0.5, 0.6) is 5.75 Å². The first-order valence-electron chi connectivity index (χ1n) is 6.26. The average molecular weight is 256 g/mol. The molecule has 0 heterocycles. The fourth-order valence-corrected chi connectivity index (χ4v) is 1.75. The summed E-state index contributed by atoms with van der Waals surface area (Å²) in [6.45, 7) is 8.93. The maximum Gasteiger partial charge on any atom is 0.142 e. The number of hydrogen-bond acceptors (Lipinski definition) is 2. The van der Waals surface area contributed by atoms with E-state index in [0.717, 1.165) is 30.8 Å². The van der Waals surface area contributed by atoms with Crippen LogP contribution in [-0.2, 0) is 6.54 Å². The van der Waals surface area contributed by atoms with E-state index in [1.165, 1.54) is 0 Å². The van der Waals surface area contributed by atoms with Gasteiger partial charge in [-0.05, 0) is 24.9 Å². The Morgan fingerprint density at radius 2 is 2.12 bits per heavy atom. The standard InChI is InChI=1S/C14H22ClNO/c1-4-8-16-9-12-6-5-7-13(15)14(12)17-10-11(2)3/h5-7,11,16H,4,8-10H2,1-3H3. The summed E-state index contributed by atoms with van der Waals surface area (Å²) in [7, 11) is 0. The van der Waals surface area contributed by atoms with Crippen LogP contribution in [0.15, 0.2) is 18.2 Å². The van der Waals surface area contributed by atoms with Crippen LogP contribution in [0.25, 0.3) is 0 Å². The summed E-state index contributed by atoms with van der Waals surface area (Å²) in [5, 5.41) is 4.06. The molecule has 1 rings (SSSR count). The van der Waals surface area contributed by atoms with Crippen LogP contribution >= 0.6 is 11.6 Å². The zero-order chi connectivity index (χ0) is 12.7. The fraction of sp³-hybridized carbons (Fsp3) is 0.571. The van der Waals surface area contributed by atoms with Crippen LogP contribution in [0.3, 0.4) is 0 Å². The molecule has 1 N–H and O–H groups in total. The van der Waals surface area contributed by atoms with Gasteiger partial charge in [-0.1, -0.05) is 44.5 Å². The second kappa shape index (κ2) is 7.57. The smallest absolute Gasteiger partial charge is 0.142 e. The maximum absolute atomic E-state index is 6.17. The molecule has 0 unspecified atom stereocenters. The normalized spacial score (nSPS) is 10.9. The third kappa shape index (κ3) is 4.97. The van der Waals surface area contributed by atoms with Crippen molar-refractivity contribution in [3.05, 3.63) is 28.8 Å². The van der Waals surface area contributed by atoms with Crippen LogP contribution in [-0.4, -0.2) is 13.2 Å². The monoisotopic (exact) mass is 255 g/mol. The first kappa shape index (κ1) is 14.3. The number of nitrogens with one attached hydrogen (secondary N) is 1. The molecule has 2 nitrogen and oxygen atoms in total. The molecule has 0 radical (unpaired) electrons. The molecule has 0 aliphatic carbocycles. The number of hydrogen-bond donors (Lipinski definition) is 1. The van der Waals surface area contributed by atoms with Crippen molar-refractivity contribution in [2.75, 3.05) is 13.2 Å². The third-order valence-electron chi connectivity index (χ3n) is 2.35. The highest BCUT2D eigenvalue weighted by Gasteiger charge is 2.08. The Hall–Kier alpha value is -0.730. The lowest BCUT2D eigenvalue weighted by Gasteiger charge is -2.15. The first-order chi connectivity index (χ1) is 8.15. The van der Waals surface area contributed by atoms with E-state index >= 15 is 0 Å². The summed E-state index contributed by atoms with van der Waals surface area (Å²) in [6.07, 6.45) is 1.13. The third-order valence-corrected chi connectivity index (χ3v) is 2.65. The topological polar surface area (TPSA) is 21.3 Å². The number of rotatable bonds is 7. The Kier molecular flexibility index (Phi) is 6.38. The van der Waals surface area contributed by atoms with Crippen LogP contribution in [0, 0.1) is 5.92 Å². The molecule has 96 valence electrons. The Morgan fingerprint density at radius 3 is 2.76 bits per heavy atom. The molecule has 0 aliphatic heterocycles. The minimum Gasteiger partial charge on any atom is -0.491 e. The van der Waals surface area contributed by atoms with Crippen molar-refractivity contribution in [2.24, 2.45) is 5.92 Å². The lowest BCUT2D eigenvalue weighted by molar-refractivity contribution is 0.268. The predicted molar refractivity (Wildman–Crippen MR) is 73.8 cm³/mol. The van der Waals surface area contributed by atoms with Crippen molar-refractivity contribution in [1.82, 2.24) is 5.32 Å². The van der Waals surface area contributed by atoms with Crippen LogP contribution in [0.2, 0.25) is 5.02 Å². The average Bonchev–Trinajstić information content (AvgIpc) is 2.28.